The molecular weight excluding hydrogens is 287 g/mol. The van der Waals surface area contributed by atoms with Crippen LogP contribution in [0.15, 0.2) is 11.1 Å². The van der Waals surface area contributed by atoms with Gasteiger partial charge in [0, 0.05) is 37.8 Å². The standard InChI is InChI=1S/C13H19BN4O4/c1-7(8-3-12(19)17-5-8)22-13-9(6-16-2)10(15)4-11(18-13)14(20)21/h4,6-8,20-21H,3,5H2,1-2H3,(H2,15,18)(H,17,19)/t7-,8-/m1/s1. The van der Waals surface area contributed by atoms with Crippen LogP contribution in [0.4, 0.5) is 5.69 Å². The lowest BCUT2D eigenvalue weighted by Crippen LogP contribution is -2.35. The summed E-state index contributed by atoms with van der Waals surface area (Å²) in [5.41, 5.74) is 6.64. The highest BCUT2D eigenvalue weighted by molar-refractivity contribution is 6.57. The van der Waals surface area contributed by atoms with Crippen LogP contribution in [0.1, 0.15) is 18.9 Å². The molecule has 2 atom stereocenters. The summed E-state index contributed by atoms with van der Waals surface area (Å²) < 4.78 is 5.81. The Morgan fingerprint density at radius 1 is 1.64 bits per heavy atom. The zero-order valence-corrected chi connectivity index (χ0v) is 12.5. The molecule has 1 aliphatic heterocycles. The number of pyridine rings is 1. The van der Waals surface area contributed by atoms with Gasteiger partial charge in [-0.05, 0) is 13.0 Å². The summed E-state index contributed by atoms with van der Waals surface area (Å²) in [6.07, 6.45) is 1.59. The molecule has 0 bridgehead atoms. The number of nitrogens with two attached hydrogens (primary N) is 1. The van der Waals surface area contributed by atoms with Gasteiger partial charge in [-0.1, -0.05) is 0 Å². The fourth-order valence-electron chi connectivity index (χ4n) is 2.28. The minimum absolute atomic E-state index is 0.00595. The second kappa shape index (κ2) is 6.76. The van der Waals surface area contributed by atoms with Crippen LogP contribution in [0.5, 0.6) is 5.88 Å². The number of rotatable bonds is 5. The monoisotopic (exact) mass is 306 g/mol. The number of carbonyl (C=O) groups excluding carboxylic acids is 1. The Balaban J connectivity index is 2.29. The Morgan fingerprint density at radius 3 is 2.91 bits per heavy atom. The summed E-state index contributed by atoms with van der Waals surface area (Å²) in [6, 6.07) is 1.36. The first kappa shape index (κ1) is 16.2. The number of nitrogens with one attached hydrogen (secondary N) is 1. The number of ether oxygens (including phenoxy) is 1. The largest absolute Gasteiger partial charge is 0.508 e. The zero-order valence-electron chi connectivity index (χ0n) is 12.5. The lowest BCUT2D eigenvalue weighted by molar-refractivity contribution is -0.119. The van der Waals surface area contributed by atoms with Crippen LogP contribution in [0, 0.1) is 5.92 Å². The summed E-state index contributed by atoms with van der Waals surface area (Å²) >= 11 is 0. The molecule has 1 aromatic heterocycles. The van der Waals surface area contributed by atoms with E-state index >= 15 is 0 Å². The Hall–Kier alpha value is -2.13. The predicted octanol–water partition coefficient (Wildman–Crippen LogP) is -1.70. The molecule has 1 amide bonds. The molecule has 1 fully saturated rings. The molecule has 2 rings (SSSR count). The molecule has 0 saturated carbocycles. The number of aromatic nitrogens is 1. The number of carbonyl (C=O) groups is 1. The van der Waals surface area contributed by atoms with Crippen LogP contribution in [0.25, 0.3) is 0 Å². The Labute approximate surface area is 128 Å². The molecular formula is C13H19BN4O4. The van der Waals surface area contributed by atoms with Gasteiger partial charge in [0.15, 0.2) is 0 Å². The minimum atomic E-state index is -1.75. The van der Waals surface area contributed by atoms with E-state index in [-0.39, 0.29) is 35.1 Å². The molecule has 22 heavy (non-hydrogen) atoms. The third kappa shape index (κ3) is 3.55. The van der Waals surface area contributed by atoms with Crippen molar-refractivity contribution in [3.63, 3.8) is 0 Å². The number of hydrogen-bond acceptors (Lipinski definition) is 7. The minimum Gasteiger partial charge on any atom is -0.474 e. The van der Waals surface area contributed by atoms with E-state index < -0.39 is 7.12 Å². The molecule has 2 heterocycles. The number of aliphatic imine (C=N–C) groups is 1. The van der Waals surface area contributed by atoms with Crippen LogP contribution in [-0.4, -0.2) is 54.0 Å². The van der Waals surface area contributed by atoms with Crippen molar-refractivity contribution in [2.75, 3.05) is 19.3 Å². The van der Waals surface area contributed by atoms with Gasteiger partial charge < -0.3 is 25.8 Å². The molecule has 8 nitrogen and oxygen atoms in total. The SMILES string of the molecule is CN=Cc1c(N)cc(B(O)O)nc1O[C@H](C)[C@H]1CNC(=O)C1. The fourth-order valence-corrected chi connectivity index (χ4v) is 2.28. The average Bonchev–Trinajstić information content (AvgIpc) is 2.89. The van der Waals surface area contributed by atoms with E-state index in [1.165, 1.54) is 12.3 Å². The van der Waals surface area contributed by atoms with Crippen molar-refractivity contribution in [1.82, 2.24) is 10.3 Å². The van der Waals surface area contributed by atoms with Crippen molar-refractivity contribution >= 4 is 30.5 Å². The van der Waals surface area contributed by atoms with Crippen molar-refractivity contribution in [2.45, 2.75) is 19.4 Å². The Kier molecular flexibility index (Phi) is 4.99. The normalized spacial score (nSPS) is 19.3. The van der Waals surface area contributed by atoms with Gasteiger partial charge in [-0.3, -0.25) is 9.79 Å². The number of amides is 1. The molecule has 1 saturated heterocycles. The first-order chi connectivity index (χ1) is 10.4. The number of nitrogens with zero attached hydrogens (tertiary/aromatic N) is 2. The quantitative estimate of drug-likeness (QED) is 0.379. The first-order valence-electron chi connectivity index (χ1n) is 6.94. The van der Waals surface area contributed by atoms with Gasteiger partial charge in [0.2, 0.25) is 11.8 Å². The maximum absolute atomic E-state index is 11.3. The molecule has 1 aromatic rings. The second-order valence-electron chi connectivity index (χ2n) is 5.21. The summed E-state index contributed by atoms with van der Waals surface area (Å²) in [6.45, 7) is 2.37. The number of nitrogen functional groups attached to an aromatic ring is 1. The molecule has 0 aromatic carbocycles. The average molecular weight is 306 g/mol. The molecule has 0 radical (unpaired) electrons. The van der Waals surface area contributed by atoms with Gasteiger partial charge in [0.1, 0.15) is 6.10 Å². The van der Waals surface area contributed by atoms with E-state index in [1.807, 2.05) is 6.92 Å². The third-order valence-corrected chi connectivity index (χ3v) is 3.57. The van der Waals surface area contributed by atoms with E-state index in [0.29, 0.717) is 18.5 Å². The molecule has 1 aliphatic rings. The van der Waals surface area contributed by atoms with Crippen molar-refractivity contribution in [2.24, 2.45) is 10.9 Å². The van der Waals surface area contributed by atoms with E-state index in [0.717, 1.165) is 0 Å². The lowest BCUT2D eigenvalue weighted by Gasteiger charge is -2.21. The molecule has 9 heteroatoms. The Bertz CT molecular complexity index is 594. The number of hydrogen-bond donors (Lipinski definition) is 4. The summed E-state index contributed by atoms with van der Waals surface area (Å²) in [5, 5.41) is 21.3. The molecule has 0 spiro atoms. The fraction of sp³-hybridized carbons (Fsp3) is 0.462. The van der Waals surface area contributed by atoms with Crippen LogP contribution < -0.4 is 21.4 Å². The van der Waals surface area contributed by atoms with Crippen LogP contribution >= 0.6 is 0 Å². The maximum Gasteiger partial charge on any atom is 0.508 e. The highest BCUT2D eigenvalue weighted by atomic mass is 16.5. The van der Waals surface area contributed by atoms with Crippen molar-refractivity contribution in [3.8, 4) is 5.88 Å². The van der Waals surface area contributed by atoms with Crippen LogP contribution in [0.3, 0.4) is 0 Å². The lowest BCUT2D eigenvalue weighted by atomic mass is 9.85. The first-order valence-corrected chi connectivity index (χ1v) is 6.94. The van der Waals surface area contributed by atoms with Gasteiger partial charge in [-0.15, -0.1) is 0 Å². The van der Waals surface area contributed by atoms with E-state index in [9.17, 15) is 14.8 Å². The topological polar surface area (TPSA) is 130 Å². The molecule has 0 unspecified atom stereocenters. The smallest absolute Gasteiger partial charge is 0.474 e. The van der Waals surface area contributed by atoms with Gasteiger partial charge in [0.05, 0.1) is 11.2 Å². The predicted molar refractivity (Wildman–Crippen MR) is 83.2 cm³/mol. The van der Waals surface area contributed by atoms with E-state index in [2.05, 4.69) is 15.3 Å². The Morgan fingerprint density at radius 2 is 2.36 bits per heavy atom. The van der Waals surface area contributed by atoms with Gasteiger partial charge >= 0.3 is 7.12 Å². The maximum atomic E-state index is 11.3. The highest BCUT2D eigenvalue weighted by Gasteiger charge is 2.29. The second-order valence-corrected chi connectivity index (χ2v) is 5.21. The zero-order chi connectivity index (χ0) is 16.3. The van der Waals surface area contributed by atoms with Crippen molar-refractivity contribution in [1.29, 1.82) is 0 Å². The molecule has 118 valence electrons. The van der Waals surface area contributed by atoms with Gasteiger partial charge in [0.25, 0.3) is 0 Å². The van der Waals surface area contributed by atoms with Gasteiger partial charge in [-0.2, -0.15) is 0 Å². The van der Waals surface area contributed by atoms with E-state index in [4.69, 9.17) is 10.5 Å². The summed E-state index contributed by atoms with van der Waals surface area (Å²) in [4.78, 5) is 19.3. The van der Waals surface area contributed by atoms with Gasteiger partial charge in [-0.25, -0.2) is 4.98 Å². The van der Waals surface area contributed by atoms with Crippen molar-refractivity contribution in [3.05, 3.63) is 11.6 Å². The van der Waals surface area contributed by atoms with E-state index in [1.54, 1.807) is 7.05 Å². The highest BCUT2D eigenvalue weighted by Crippen LogP contribution is 2.24. The molecule has 0 aliphatic carbocycles. The summed E-state index contributed by atoms with van der Waals surface area (Å²) in [7, 11) is -0.164. The third-order valence-electron chi connectivity index (χ3n) is 3.57. The molecule has 5 N–H and O–H groups in total. The van der Waals surface area contributed by atoms with Crippen molar-refractivity contribution < 1.29 is 19.6 Å². The number of anilines is 1. The summed E-state index contributed by atoms with van der Waals surface area (Å²) in [5.74, 6) is 0.174. The van der Waals surface area contributed by atoms with Crippen LogP contribution in [0.2, 0.25) is 0 Å². The van der Waals surface area contributed by atoms with Crippen LogP contribution in [-0.2, 0) is 4.79 Å².